The van der Waals surface area contributed by atoms with E-state index in [0.29, 0.717) is 27.9 Å². The van der Waals surface area contributed by atoms with Crippen LogP contribution in [0, 0.1) is 17.6 Å². The minimum Gasteiger partial charge on any atom is -0.503 e. The molecule has 0 bridgehead atoms. The van der Waals surface area contributed by atoms with Crippen LogP contribution >= 0.6 is 23.4 Å². The van der Waals surface area contributed by atoms with E-state index in [1.807, 2.05) is 5.40 Å². The Morgan fingerprint density at radius 1 is 1.30 bits per heavy atom. The lowest BCUT2D eigenvalue weighted by Gasteiger charge is -2.27. The second kappa shape index (κ2) is 8.49. The Morgan fingerprint density at radius 2 is 2.03 bits per heavy atom. The normalized spacial score (nSPS) is 15.2. The van der Waals surface area contributed by atoms with Gasteiger partial charge in [-0.3, -0.25) is 14.9 Å². The van der Waals surface area contributed by atoms with Crippen molar-refractivity contribution in [2.75, 3.05) is 12.0 Å². The van der Waals surface area contributed by atoms with E-state index in [-0.39, 0.29) is 27.7 Å². The van der Waals surface area contributed by atoms with Gasteiger partial charge >= 0.3 is 6.03 Å². The highest BCUT2D eigenvalue weighted by Crippen LogP contribution is 2.38. The molecular weight excluding hydrogens is 430 g/mol. The number of nitriles is 1. The van der Waals surface area contributed by atoms with Crippen molar-refractivity contribution in [3.05, 3.63) is 52.1 Å². The number of amides is 4. The van der Waals surface area contributed by atoms with Crippen molar-refractivity contribution in [3.63, 3.8) is 0 Å². The zero-order valence-electron chi connectivity index (χ0n) is 15.7. The fourth-order valence-electron chi connectivity index (χ4n) is 2.85. The lowest BCUT2D eigenvalue weighted by atomic mass is 10.1. The summed E-state index contributed by atoms with van der Waals surface area (Å²) in [5, 5.41) is 23.4. The van der Waals surface area contributed by atoms with Crippen molar-refractivity contribution < 1.29 is 24.2 Å². The van der Waals surface area contributed by atoms with Gasteiger partial charge in [0, 0.05) is 5.02 Å². The van der Waals surface area contributed by atoms with E-state index in [9.17, 15) is 19.5 Å². The van der Waals surface area contributed by atoms with Crippen molar-refractivity contribution >= 4 is 53.0 Å². The van der Waals surface area contributed by atoms with Gasteiger partial charge in [-0.05, 0) is 60.2 Å². The summed E-state index contributed by atoms with van der Waals surface area (Å²) in [5.41, 5.74) is 0.746. The van der Waals surface area contributed by atoms with E-state index in [1.54, 1.807) is 19.1 Å². The van der Waals surface area contributed by atoms with Gasteiger partial charge in [0.05, 0.1) is 17.7 Å². The Morgan fingerprint density at radius 3 is 2.70 bits per heavy atom. The molecule has 2 aromatic rings. The van der Waals surface area contributed by atoms with Crippen molar-refractivity contribution in [3.8, 4) is 16.9 Å². The first kappa shape index (κ1) is 21.2. The molecule has 0 radical (unpaired) electrons. The SMILES string of the molecule is COc1cc(/C=C2/C(=O)NC(=O)N(c3cccc(Cl)c3C)C2=O)cc(SC#N)c1O. The summed E-state index contributed by atoms with van der Waals surface area (Å²) in [7, 11) is 1.33. The first-order valence-corrected chi connectivity index (χ1v) is 9.61. The van der Waals surface area contributed by atoms with Crippen molar-refractivity contribution in [1.82, 2.24) is 5.32 Å². The quantitative estimate of drug-likeness (QED) is 0.320. The molecule has 1 aliphatic rings. The molecule has 3 rings (SSSR count). The number of methoxy groups -OCH3 is 1. The fraction of sp³-hybridized carbons (Fsp3) is 0.100. The summed E-state index contributed by atoms with van der Waals surface area (Å²) in [6, 6.07) is 6.67. The van der Waals surface area contributed by atoms with Gasteiger partial charge in [-0.1, -0.05) is 17.7 Å². The highest BCUT2D eigenvalue weighted by molar-refractivity contribution is 8.03. The summed E-state index contributed by atoms with van der Waals surface area (Å²) in [6.45, 7) is 1.65. The summed E-state index contributed by atoms with van der Waals surface area (Å²) in [4.78, 5) is 38.8. The number of urea groups is 1. The predicted molar refractivity (Wildman–Crippen MR) is 111 cm³/mol. The molecule has 8 nitrogen and oxygen atoms in total. The molecule has 30 heavy (non-hydrogen) atoms. The van der Waals surface area contributed by atoms with Gasteiger partial charge in [0.15, 0.2) is 11.5 Å². The molecule has 152 valence electrons. The monoisotopic (exact) mass is 443 g/mol. The number of rotatable bonds is 4. The maximum Gasteiger partial charge on any atom is 0.335 e. The average Bonchev–Trinajstić information content (AvgIpc) is 2.70. The number of carbonyl (C=O) groups is 3. The number of ether oxygens (including phenoxy) is 1. The number of thioether (sulfide) groups is 1. The second-order valence-corrected chi connectivity index (χ2v) is 7.34. The van der Waals surface area contributed by atoms with E-state index >= 15 is 0 Å². The fourth-order valence-corrected chi connectivity index (χ4v) is 3.51. The number of imide groups is 2. The Kier molecular flexibility index (Phi) is 6.01. The highest BCUT2D eigenvalue weighted by Gasteiger charge is 2.37. The number of barbiturate groups is 1. The molecule has 0 saturated carbocycles. The van der Waals surface area contributed by atoms with Gasteiger partial charge in [-0.2, -0.15) is 5.26 Å². The van der Waals surface area contributed by atoms with Crippen LogP contribution in [-0.2, 0) is 9.59 Å². The third-order valence-corrected chi connectivity index (χ3v) is 5.36. The lowest BCUT2D eigenvalue weighted by molar-refractivity contribution is -0.122. The van der Waals surface area contributed by atoms with Crippen LogP contribution in [0.25, 0.3) is 6.08 Å². The number of benzene rings is 2. The number of thiocyanates is 1. The topological polar surface area (TPSA) is 120 Å². The first-order chi connectivity index (χ1) is 14.3. The number of carbonyl (C=O) groups excluding carboxylic acids is 3. The Bertz CT molecular complexity index is 1160. The number of halogens is 1. The minimum atomic E-state index is -0.892. The third kappa shape index (κ3) is 3.83. The van der Waals surface area contributed by atoms with E-state index in [2.05, 4.69) is 5.32 Å². The van der Waals surface area contributed by atoms with Gasteiger partial charge in [0.1, 0.15) is 11.0 Å². The van der Waals surface area contributed by atoms with Crippen LogP contribution in [0.4, 0.5) is 10.5 Å². The van der Waals surface area contributed by atoms with Gasteiger partial charge < -0.3 is 9.84 Å². The van der Waals surface area contributed by atoms with Gasteiger partial charge in [-0.15, -0.1) is 0 Å². The zero-order valence-corrected chi connectivity index (χ0v) is 17.3. The summed E-state index contributed by atoms with van der Waals surface area (Å²) < 4.78 is 5.09. The predicted octanol–water partition coefficient (Wildman–Crippen LogP) is 3.60. The zero-order chi connectivity index (χ0) is 22.0. The molecule has 0 aromatic heterocycles. The lowest BCUT2D eigenvalue weighted by Crippen LogP contribution is -2.54. The van der Waals surface area contributed by atoms with E-state index in [0.717, 1.165) is 4.90 Å². The number of nitrogens with zero attached hydrogens (tertiary/aromatic N) is 2. The van der Waals surface area contributed by atoms with Crippen LogP contribution in [0.1, 0.15) is 11.1 Å². The van der Waals surface area contributed by atoms with Crippen LogP contribution in [0.15, 0.2) is 40.8 Å². The Labute approximate surface area is 180 Å². The number of hydrogen-bond acceptors (Lipinski definition) is 7. The van der Waals surface area contributed by atoms with Crippen LogP contribution in [0.2, 0.25) is 5.02 Å². The molecule has 0 spiro atoms. The van der Waals surface area contributed by atoms with E-state index in [1.165, 1.54) is 31.4 Å². The summed E-state index contributed by atoms with van der Waals surface area (Å²) >= 11 is 6.79. The molecule has 2 aromatic carbocycles. The molecule has 0 unspecified atom stereocenters. The molecule has 1 aliphatic heterocycles. The average molecular weight is 444 g/mol. The van der Waals surface area contributed by atoms with Crippen molar-refractivity contribution in [1.29, 1.82) is 5.26 Å². The largest absolute Gasteiger partial charge is 0.503 e. The minimum absolute atomic E-state index is 0.0596. The molecule has 0 aliphatic carbocycles. The number of phenolic OH excluding ortho intramolecular Hbond substituents is 1. The molecule has 0 atom stereocenters. The Balaban J connectivity index is 2.10. The number of hydrogen-bond donors (Lipinski definition) is 2. The first-order valence-electron chi connectivity index (χ1n) is 8.42. The van der Waals surface area contributed by atoms with Crippen LogP contribution in [0.5, 0.6) is 11.5 Å². The van der Waals surface area contributed by atoms with Crippen LogP contribution in [-0.4, -0.2) is 30.1 Å². The molecule has 10 heteroatoms. The van der Waals surface area contributed by atoms with Gasteiger partial charge in [-0.25, -0.2) is 9.69 Å². The van der Waals surface area contributed by atoms with Crippen LogP contribution in [0.3, 0.4) is 0 Å². The van der Waals surface area contributed by atoms with Crippen molar-refractivity contribution in [2.24, 2.45) is 0 Å². The van der Waals surface area contributed by atoms with E-state index < -0.39 is 17.8 Å². The van der Waals surface area contributed by atoms with Crippen molar-refractivity contribution in [2.45, 2.75) is 11.8 Å². The van der Waals surface area contributed by atoms with E-state index in [4.69, 9.17) is 21.6 Å². The molecule has 1 heterocycles. The highest BCUT2D eigenvalue weighted by atomic mass is 35.5. The smallest absolute Gasteiger partial charge is 0.335 e. The molecule has 2 N–H and O–H groups in total. The number of aromatic hydroxyl groups is 1. The molecule has 1 fully saturated rings. The molecular formula is C20H14ClN3O5S. The molecule has 4 amide bonds. The summed E-state index contributed by atoms with van der Waals surface area (Å²) in [5.74, 6) is -1.89. The third-order valence-electron chi connectivity index (χ3n) is 4.33. The van der Waals surface area contributed by atoms with Gasteiger partial charge in [0.2, 0.25) is 0 Å². The summed E-state index contributed by atoms with van der Waals surface area (Å²) in [6.07, 6.45) is 1.25. The standard InChI is InChI=1S/C20H14ClN3O5S/c1-10-13(21)4-3-5-14(10)24-19(27)12(18(26)23-20(24)28)6-11-7-15(29-2)17(25)16(8-11)30-9-22/h3-8,25H,1-2H3,(H,23,26,28)/b12-6-. The number of phenols is 1. The maximum absolute atomic E-state index is 13.0. The molecule has 1 saturated heterocycles. The number of anilines is 1. The second-order valence-electron chi connectivity index (χ2n) is 6.11. The maximum atomic E-state index is 13.0. The van der Waals surface area contributed by atoms with Crippen LogP contribution < -0.4 is 15.0 Å². The number of nitrogens with one attached hydrogen (secondary N) is 1. The Hall–Kier alpha value is -3.48. The van der Waals surface area contributed by atoms with Gasteiger partial charge in [0.25, 0.3) is 11.8 Å².